The lowest BCUT2D eigenvalue weighted by molar-refractivity contribution is -0.149. The van der Waals surface area contributed by atoms with Gasteiger partial charge in [-0.3, -0.25) is 24.1 Å². The Hall–Kier alpha value is -2.94. The quantitative estimate of drug-likeness (QED) is 0.540. The molecule has 1 atom stereocenters. The summed E-state index contributed by atoms with van der Waals surface area (Å²) in [6.07, 6.45) is -0.122. The Morgan fingerprint density at radius 1 is 1.36 bits per heavy atom. The normalized spacial score (nSPS) is 17.1. The monoisotopic (exact) mass is 390 g/mol. The third-order valence-corrected chi connectivity index (χ3v) is 4.16. The van der Waals surface area contributed by atoms with Crippen LogP contribution in [0.25, 0.3) is 0 Å². The average molecular weight is 390 g/mol. The van der Waals surface area contributed by atoms with Crippen molar-refractivity contribution in [2.45, 2.75) is 26.3 Å². The van der Waals surface area contributed by atoms with Gasteiger partial charge in [0, 0.05) is 24.3 Å². The van der Waals surface area contributed by atoms with Crippen LogP contribution in [0.1, 0.15) is 30.6 Å². The Morgan fingerprint density at radius 3 is 2.79 bits per heavy atom. The Balaban J connectivity index is 1.98. The van der Waals surface area contributed by atoms with Gasteiger partial charge >= 0.3 is 5.97 Å². The highest BCUT2D eigenvalue weighted by Crippen LogP contribution is 2.13. The summed E-state index contributed by atoms with van der Waals surface area (Å²) >= 11 is 0. The van der Waals surface area contributed by atoms with E-state index in [-0.39, 0.29) is 42.9 Å². The van der Waals surface area contributed by atoms with Gasteiger partial charge in [0.15, 0.2) is 0 Å². The lowest BCUT2D eigenvalue weighted by Crippen LogP contribution is -2.57. The summed E-state index contributed by atoms with van der Waals surface area (Å²) in [6.45, 7) is 4.87. The zero-order valence-corrected chi connectivity index (χ0v) is 16.1. The van der Waals surface area contributed by atoms with Crippen molar-refractivity contribution in [1.29, 1.82) is 0 Å². The molecular formula is C19H26N4O5. The predicted octanol–water partition coefficient (Wildman–Crippen LogP) is 0.114. The van der Waals surface area contributed by atoms with Crippen molar-refractivity contribution >= 4 is 29.4 Å². The van der Waals surface area contributed by atoms with E-state index < -0.39 is 17.9 Å². The van der Waals surface area contributed by atoms with Crippen LogP contribution in [0.2, 0.25) is 0 Å². The second-order valence-electron chi connectivity index (χ2n) is 7.05. The van der Waals surface area contributed by atoms with Crippen LogP contribution >= 0.6 is 0 Å². The molecule has 1 aromatic rings. The maximum Gasteiger partial charge on any atom is 0.307 e. The lowest BCUT2D eigenvalue weighted by atomic mass is 10.1. The van der Waals surface area contributed by atoms with Gasteiger partial charge < -0.3 is 21.1 Å². The summed E-state index contributed by atoms with van der Waals surface area (Å²) in [5, 5.41) is 5.38. The minimum Gasteiger partial charge on any atom is -0.465 e. The number of carbonyl (C=O) groups excluding carboxylic acids is 4. The van der Waals surface area contributed by atoms with Crippen molar-refractivity contribution in [1.82, 2.24) is 10.2 Å². The first-order chi connectivity index (χ1) is 13.3. The molecule has 28 heavy (non-hydrogen) atoms. The number of primary amides is 1. The van der Waals surface area contributed by atoms with Gasteiger partial charge in [0.1, 0.15) is 6.04 Å². The third-order valence-electron chi connectivity index (χ3n) is 4.16. The van der Waals surface area contributed by atoms with Crippen LogP contribution in [0.3, 0.4) is 0 Å². The molecular weight excluding hydrogens is 364 g/mol. The van der Waals surface area contributed by atoms with E-state index in [0.717, 1.165) is 0 Å². The molecule has 0 radical (unpaired) electrons. The number of nitrogens with one attached hydrogen (secondary N) is 2. The fourth-order valence-corrected chi connectivity index (χ4v) is 2.78. The van der Waals surface area contributed by atoms with E-state index in [1.54, 1.807) is 23.1 Å². The molecule has 1 heterocycles. The van der Waals surface area contributed by atoms with Crippen LogP contribution in [0.4, 0.5) is 5.69 Å². The molecule has 152 valence electrons. The number of rotatable bonds is 8. The average Bonchev–Trinajstić information content (AvgIpc) is 2.63. The molecule has 0 aliphatic carbocycles. The number of hydrogen-bond acceptors (Lipinski definition) is 6. The number of nitrogens with zero attached hydrogens (tertiary/aromatic N) is 1. The molecule has 9 nitrogen and oxygen atoms in total. The molecule has 2 rings (SSSR count). The Morgan fingerprint density at radius 2 is 2.11 bits per heavy atom. The lowest BCUT2D eigenvalue weighted by Gasteiger charge is -2.33. The van der Waals surface area contributed by atoms with E-state index in [1.807, 2.05) is 13.8 Å². The minimum absolute atomic E-state index is 0.0731. The number of carbonyl (C=O) groups is 4. The zero-order chi connectivity index (χ0) is 20.7. The number of esters is 1. The first-order valence-corrected chi connectivity index (χ1v) is 9.13. The van der Waals surface area contributed by atoms with Gasteiger partial charge in [0.05, 0.1) is 19.6 Å². The molecule has 1 unspecified atom stereocenters. The van der Waals surface area contributed by atoms with Crippen LogP contribution < -0.4 is 16.4 Å². The van der Waals surface area contributed by atoms with Crippen molar-refractivity contribution in [2.24, 2.45) is 11.7 Å². The first-order valence-electron chi connectivity index (χ1n) is 9.13. The Labute approximate surface area is 163 Å². The summed E-state index contributed by atoms with van der Waals surface area (Å²) in [7, 11) is 0. The molecule has 1 aliphatic heterocycles. The van der Waals surface area contributed by atoms with Gasteiger partial charge in [-0.15, -0.1) is 0 Å². The number of nitrogens with two attached hydrogens (primary N) is 1. The van der Waals surface area contributed by atoms with Gasteiger partial charge in [0.25, 0.3) is 0 Å². The van der Waals surface area contributed by atoms with Crippen LogP contribution in [-0.2, 0) is 19.1 Å². The molecule has 9 heteroatoms. The number of anilines is 1. The van der Waals surface area contributed by atoms with Crippen molar-refractivity contribution in [2.75, 3.05) is 31.6 Å². The standard InChI is InChI=1S/C19H26N4O5/c1-12(2)11-28-17(25)9-15-19(27)21-6-7-23(15)10-16(24)22-14-5-3-4-13(8-14)18(20)26/h3-5,8,12,15H,6-7,9-11H2,1-2H3,(H2,20,26)(H,21,27)(H,22,24). The summed E-state index contributed by atoms with van der Waals surface area (Å²) < 4.78 is 5.15. The van der Waals surface area contributed by atoms with Crippen molar-refractivity contribution in [3.63, 3.8) is 0 Å². The zero-order valence-electron chi connectivity index (χ0n) is 16.1. The van der Waals surface area contributed by atoms with Gasteiger partial charge in [-0.2, -0.15) is 0 Å². The molecule has 1 aromatic carbocycles. The van der Waals surface area contributed by atoms with E-state index >= 15 is 0 Å². The summed E-state index contributed by atoms with van der Waals surface area (Å²) in [4.78, 5) is 49.5. The van der Waals surface area contributed by atoms with Crippen LogP contribution in [-0.4, -0.2) is 60.9 Å². The fraction of sp³-hybridized carbons (Fsp3) is 0.474. The second kappa shape index (κ2) is 9.84. The van der Waals surface area contributed by atoms with Crippen molar-refractivity contribution < 1.29 is 23.9 Å². The Bertz CT molecular complexity index is 750. The number of amides is 3. The predicted molar refractivity (Wildman–Crippen MR) is 102 cm³/mol. The summed E-state index contributed by atoms with van der Waals surface area (Å²) in [5.41, 5.74) is 5.94. The van der Waals surface area contributed by atoms with Gasteiger partial charge in [-0.1, -0.05) is 19.9 Å². The van der Waals surface area contributed by atoms with Gasteiger partial charge in [-0.05, 0) is 24.1 Å². The number of benzene rings is 1. The first kappa shape index (κ1) is 21.4. The molecule has 1 fully saturated rings. The molecule has 1 saturated heterocycles. The van der Waals surface area contributed by atoms with E-state index in [9.17, 15) is 19.2 Å². The molecule has 4 N–H and O–H groups in total. The highest BCUT2D eigenvalue weighted by molar-refractivity contribution is 5.97. The fourth-order valence-electron chi connectivity index (χ4n) is 2.78. The van der Waals surface area contributed by atoms with E-state index in [0.29, 0.717) is 18.8 Å². The van der Waals surface area contributed by atoms with Gasteiger partial charge in [-0.25, -0.2) is 0 Å². The Kier molecular flexibility index (Phi) is 7.51. The topological polar surface area (TPSA) is 131 Å². The number of ether oxygens (including phenoxy) is 1. The molecule has 0 saturated carbocycles. The largest absolute Gasteiger partial charge is 0.465 e. The molecule has 3 amide bonds. The smallest absolute Gasteiger partial charge is 0.307 e. The minimum atomic E-state index is -0.767. The highest BCUT2D eigenvalue weighted by Gasteiger charge is 2.33. The van der Waals surface area contributed by atoms with E-state index in [2.05, 4.69) is 10.6 Å². The van der Waals surface area contributed by atoms with Gasteiger partial charge in [0.2, 0.25) is 17.7 Å². The van der Waals surface area contributed by atoms with Crippen LogP contribution in [0, 0.1) is 5.92 Å². The maximum absolute atomic E-state index is 12.4. The SMILES string of the molecule is CC(C)COC(=O)CC1C(=O)NCCN1CC(=O)Nc1cccc(C(N)=O)c1. The number of piperazine rings is 1. The number of hydrogen-bond donors (Lipinski definition) is 3. The highest BCUT2D eigenvalue weighted by atomic mass is 16.5. The second-order valence-corrected chi connectivity index (χ2v) is 7.05. The molecule has 1 aliphatic rings. The third kappa shape index (κ3) is 6.34. The summed E-state index contributed by atoms with van der Waals surface area (Å²) in [5.74, 6) is -1.55. The summed E-state index contributed by atoms with van der Waals surface area (Å²) in [6, 6.07) is 5.50. The van der Waals surface area contributed by atoms with Crippen LogP contribution in [0.5, 0.6) is 0 Å². The molecule has 0 aromatic heterocycles. The van der Waals surface area contributed by atoms with Crippen molar-refractivity contribution in [3.05, 3.63) is 29.8 Å². The molecule has 0 bridgehead atoms. The molecule has 0 spiro atoms. The van der Waals surface area contributed by atoms with E-state index in [4.69, 9.17) is 10.5 Å². The van der Waals surface area contributed by atoms with E-state index in [1.165, 1.54) is 6.07 Å². The maximum atomic E-state index is 12.4. The van der Waals surface area contributed by atoms with Crippen LogP contribution in [0.15, 0.2) is 24.3 Å². The van der Waals surface area contributed by atoms with Crippen molar-refractivity contribution in [3.8, 4) is 0 Å².